The van der Waals surface area contributed by atoms with Crippen LogP contribution < -0.4 is 0 Å². The predicted octanol–water partition coefficient (Wildman–Crippen LogP) is 4.95. The number of unbranched alkanes of at least 4 members (excludes halogenated alkanes) is 9. The monoisotopic (exact) mass is 376 g/mol. The number of rotatable bonds is 16. The first-order valence-electron chi connectivity index (χ1n) is 10.2. The van der Waals surface area contributed by atoms with E-state index in [1.54, 1.807) is 0 Å². The lowest BCUT2D eigenvalue weighted by Crippen LogP contribution is -1.92. The van der Waals surface area contributed by atoms with Crippen molar-refractivity contribution in [2.24, 2.45) is 0 Å². The summed E-state index contributed by atoms with van der Waals surface area (Å²) in [5.74, 6) is -0.981. The zero-order valence-electron chi connectivity index (χ0n) is 17.3. The minimum atomic E-state index is -0.981. The van der Waals surface area contributed by atoms with Crippen molar-refractivity contribution in [2.45, 2.75) is 90.9 Å². The summed E-state index contributed by atoms with van der Waals surface area (Å²) >= 11 is 0. The van der Waals surface area contributed by atoms with Gasteiger partial charge in [-0.3, -0.25) is 0 Å². The third kappa shape index (κ3) is 43.5. The molecule has 3 N–H and O–H groups in total. The van der Waals surface area contributed by atoms with Crippen molar-refractivity contribution in [3.63, 3.8) is 0 Å². The first-order valence-corrected chi connectivity index (χ1v) is 10.2. The molecule has 0 aliphatic rings. The Morgan fingerprint density at radius 2 is 1.04 bits per heavy atom. The molecule has 5 heteroatoms. The summed E-state index contributed by atoms with van der Waals surface area (Å²) < 4.78 is 5.13. The number of hydrogen-bond donors (Lipinski definition) is 3. The Kier molecular flexibility index (Phi) is 36.5. The van der Waals surface area contributed by atoms with Crippen LogP contribution in [-0.2, 0) is 9.53 Å². The highest BCUT2D eigenvalue weighted by Crippen LogP contribution is 2.10. The largest absolute Gasteiger partial charge is 0.478 e. The molecule has 26 heavy (non-hydrogen) atoms. The van der Waals surface area contributed by atoms with Gasteiger partial charge in [-0.05, 0) is 25.7 Å². The van der Waals surface area contributed by atoms with Crippen molar-refractivity contribution in [3.8, 4) is 0 Å². The molecule has 0 unspecified atom stereocenters. The van der Waals surface area contributed by atoms with Gasteiger partial charge in [0.15, 0.2) is 0 Å². The molecule has 0 aromatic carbocycles. The molecule has 5 nitrogen and oxygen atoms in total. The SMILES string of the molecule is C=CC(=O)O.CCCOCCC.OCCCCCCCCCCCCO. The average molecular weight is 377 g/mol. The van der Waals surface area contributed by atoms with Crippen molar-refractivity contribution < 1.29 is 24.9 Å². The molecular formula is C21H44O5. The second-order valence-electron chi connectivity index (χ2n) is 6.14. The molecule has 0 bridgehead atoms. The van der Waals surface area contributed by atoms with Gasteiger partial charge in [-0.2, -0.15) is 0 Å². The molecule has 0 rings (SSSR count). The van der Waals surface area contributed by atoms with Crippen LogP contribution in [0.15, 0.2) is 12.7 Å². The van der Waals surface area contributed by atoms with E-state index in [1.165, 1.54) is 51.4 Å². The van der Waals surface area contributed by atoms with Gasteiger partial charge < -0.3 is 20.1 Å². The minimum Gasteiger partial charge on any atom is -0.478 e. The molecule has 0 saturated carbocycles. The normalized spacial score (nSPS) is 9.54. The van der Waals surface area contributed by atoms with E-state index >= 15 is 0 Å². The molecule has 0 spiro atoms. The molecule has 0 aromatic rings. The van der Waals surface area contributed by atoms with E-state index in [1.807, 2.05) is 0 Å². The second kappa shape index (κ2) is 31.8. The van der Waals surface area contributed by atoms with E-state index in [2.05, 4.69) is 20.4 Å². The van der Waals surface area contributed by atoms with Crippen LogP contribution in [0.25, 0.3) is 0 Å². The lowest BCUT2D eigenvalue weighted by molar-refractivity contribution is -0.131. The van der Waals surface area contributed by atoms with Crippen LogP contribution in [0.4, 0.5) is 0 Å². The van der Waals surface area contributed by atoms with Gasteiger partial charge in [-0.25, -0.2) is 4.79 Å². The van der Waals surface area contributed by atoms with Gasteiger partial charge in [0.2, 0.25) is 0 Å². The van der Waals surface area contributed by atoms with E-state index in [0.717, 1.165) is 45.0 Å². The minimum absolute atomic E-state index is 0.348. The van der Waals surface area contributed by atoms with Crippen LogP contribution in [0.3, 0.4) is 0 Å². The molecule has 0 aromatic heterocycles. The zero-order chi connectivity index (χ0) is 20.3. The van der Waals surface area contributed by atoms with Gasteiger partial charge in [0.25, 0.3) is 0 Å². The van der Waals surface area contributed by atoms with Crippen molar-refractivity contribution in [1.82, 2.24) is 0 Å². The summed E-state index contributed by atoms with van der Waals surface area (Å²) in [7, 11) is 0. The van der Waals surface area contributed by atoms with Crippen molar-refractivity contribution >= 4 is 5.97 Å². The molecule has 0 amide bonds. The third-order valence-corrected chi connectivity index (χ3v) is 3.44. The molecule has 0 radical (unpaired) electrons. The highest BCUT2D eigenvalue weighted by molar-refractivity contribution is 5.78. The van der Waals surface area contributed by atoms with E-state index in [0.29, 0.717) is 13.2 Å². The van der Waals surface area contributed by atoms with Crippen LogP contribution in [0.5, 0.6) is 0 Å². The second-order valence-corrected chi connectivity index (χ2v) is 6.14. The Balaban J connectivity index is -0.000000366. The van der Waals surface area contributed by atoms with E-state index in [-0.39, 0.29) is 0 Å². The summed E-state index contributed by atoms with van der Waals surface area (Å²) in [6.07, 6.45) is 15.3. The highest BCUT2D eigenvalue weighted by Gasteiger charge is 1.92. The molecular weight excluding hydrogens is 332 g/mol. The Morgan fingerprint density at radius 3 is 1.23 bits per heavy atom. The Hall–Kier alpha value is -0.910. The fourth-order valence-electron chi connectivity index (χ4n) is 2.03. The molecule has 0 aliphatic heterocycles. The maximum absolute atomic E-state index is 9.25. The first kappa shape index (κ1) is 29.8. The fraction of sp³-hybridized carbons (Fsp3) is 0.857. The van der Waals surface area contributed by atoms with Gasteiger partial charge in [0, 0.05) is 32.5 Å². The third-order valence-electron chi connectivity index (χ3n) is 3.44. The van der Waals surface area contributed by atoms with E-state index in [4.69, 9.17) is 20.1 Å². The Bertz CT molecular complexity index is 241. The summed E-state index contributed by atoms with van der Waals surface area (Å²) in [4.78, 5) is 9.25. The number of carboxylic acid groups (broad SMARTS) is 1. The van der Waals surface area contributed by atoms with Gasteiger partial charge in [0.1, 0.15) is 0 Å². The highest BCUT2D eigenvalue weighted by atomic mass is 16.5. The van der Waals surface area contributed by atoms with Crippen LogP contribution >= 0.6 is 0 Å². The van der Waals surface area contributed by atoms with Crippen LogP contribution in [-0.4, -0.2) is 47.7 Å². The zero-order valence-corrected chi connectivity index (χ0v) is 17.3. The standard InChI is InChI=1S/C12H26O2.C6H14O.C3H4O2/c13-11-9-7-5-3-1-2-4-6-8-10-12-14;1-3-5-7-6-4-2;1-2-3(4)5/h13-14H,1-12H2;3-6H2,1-2H3;2H,1H2,(H,4,5). The van der Waals surface area contributed by atoms with Crippen molar-refractivity contribution in [1.29, 1.82) is 0 Å². The number of aliphatic hydroxyl groups excluding tert-OH is 2. The van der Waals surface area contributed by atoms with Gasteiger partial charge in [0.05, 0.1) is 0 Å². The number of hydrogen-bond acceptors (Lipinski definition) is 4. The molecule has 0 aliphatic carbocycles. The lowest BCUT2D eigenvalue weighted by atomic mass is 10.1. The Morgan fingerprint density at radius 1 is 0.769 bits per heavy atom. The van der Waals surface area contributed by atoms with Gasteiger partial charge in [-0.15, -0.1) is 0 Å². The van der Waals surface area contributed by atoms with Crippen LogP contribution in [0.1, 0.15) is 90.9 Å². The first-order chi connectivity index (χ1) is 12.6. The van der Waals surface area contributed by atoms with Gasteiger partial charge >= 0.3 is 5.97 Å². The fourth-order valence-corrected chi connectivity index (χ4v) is 2.03. The van der Waals surface area contributed by atoms with Crippen LogP contribution in [0.2, 0.25) is 0 Å². The van der Waals surface area contributed by atoms with Crippen LogP contribution in [0, 0.1) is 0 Å². The van der Waals surface area contributed by atoms with E-state index in [9.17, 15) is 4.79 Å². The number of carbonyl (C=O) groups is 1. The topological polar surface area (TPSA) is 87.0 Å². The Labute approximate surface area is 161 Å². The van der Waals surface area contributed by atoms with Crippen molar-refractivity contribution in [2.75, 3.05) is 26.4 Å². The number of ether oxygens (including phenoxy) is 1. The van der Waals surface area contributed by atoms with Crippen molar-refractivity contribution in [3.05, 3.63) is 12.7 Å². The maximum Gasteiger partial charge on any atom is 0.327 e. The molecule has 0 heterocycles. The summed E-state index contributed by atoms with van der Waals surface area (Å²) in [5, 5.41) is 24.7. The smallest absolute Gasteiger partial charge is 0.327 e. The molecule has 158 valence electrons. The molecule has 0 fully saturated rings. The number of aliphatic carboxylic acids is 1. The maximum atomic E-state index is 9.25. The summed E-state index contributed by atoms with van der Waals surface area (Å²) in [6, 6.07) is 0. The summed E-state index contributed by atoms with van der Waals surface area (Å²) in [5.41, 5.74) is 0. The number of carboxylic acids is 1. The molecule has 0 saturated heterocycles. The quantitative estimate of drug-likeness (QED) is 0.262. The number of aliphatic hydroxyl groups is 2. The molecule has 0 atom stereocenters. The predicted molar refractivity (Wildman–Crippen MR) is 110 cm³/mol. The lowest BCUT2D eigenvalue weighted by Gasteiger charge is -2.01. The van der Waals surface area contributed by atoms with E-state index < -0.39 is 5.97 Å². The van der Waals surface area contributed by atoms with Gasteiger partial charge in [-0.1, -0.05) is 71.8 Å². The summed E-state index contributed by atoms with van der Waals surface area (Å²) in [6.45, 7) is 9.75. The average Bonchev–Trinajstić information content (AvgIpc) is 2.65.